The quantitative estimate of drug-likeness (QED) is 0.860. The van der Waals surface area contributed by atoms with Gasteiger partial charge in [0.25, 0.3) is 0 Å². The standard InChI is InChI=1S/C9H10N4O2S/c1-2-6-10-11-9-13(6)12-7(16-9)4-3-5(4)8(14)15/h4-5H,2-3H2,1H3,(H,14,15). The summed E-state index contributed by atoms with van der Waals surface area (Å²) in [5.41, 5.74) is 0. The molecule has 0 bridgehead atoms. The predicted octanol–water partition coefficient (Wildman–Crippen LogP) is 0.936. The summed E-state index contributed by atoms with van der Waals surface area (Å²) in [6.45, 7) is 1.99. The molecule has 0 saturated heterocycles. The zero-order valence-corrected chi connectivity index (χ0v) is 9.44. The minimum Gasteiger partial charge on any atom is -0.481 e. The lowest BCUT2D eigenvalue weighted by Crippen LogP contribution is -1.99. The highest BCUT2D eigenvalue weighted by molar-refractivity contribution is 7.16. The number of hydrogen-bond acceptors (Lipinski definition) is 5. The number of carboxylic acid groups (broad SMARTS) is 1. The third-order valence-electron chi connectivity index (χ3n) is 2.81. The van der Waals surface area contributed by atoms with Crippen LogP contribution in [0.5, 0.6) is 0 Å². The van der Waals surface area contributed by atoms with E-state index in [2.05, 4.69) is 15.3 Å². The molecular formula is C9H10N4O2S. The molecule has 84 valence electrons. The number of fused-ring (bicyclic) bond motifs is 1. The van der Waals surface area contributed by atoms with Crippen molar-refractivity contribution in [3.8, 4) is 0 Å². The molecule has 1 aliphatic carbocycles. The zero-order valence-electron chi connectivity index (χ0n) is 8.62. The van der Waals surface area contributed by atoms with Gasteiger partial charge in [-0.05, 0) is 6.42 Å². The van der Waals surface area contributed by atoms with Crippen molar-refractivity contribution in [3.05, 3.63) is 10.8 Å². The van der Waals surface area contributed by atoms with E-state index in [0.717, 1.165) is 22.2 Å². The molecule has 16 heavy (non-hydrogen) atoms. The van der Waals surface area contributed by atoms with Gasteiger partial charge in [0.05, 0.1) is 5.92 Å². The van der Waals surface area contributed by atoms with Crippen LogP contribution in [0.25, 0.3) is 4.96 Å². The van der Waals surface area contributed by atoms with Crippen LogP contribution in [0.1, 0.15) is 30.1 Å². The summed E-state index contributed by atoms with van der Waals surface area (Å²) in [5.74, 6) is -0.0838. The maximum absolute atomic E-state index is 10.8. The molecule has 3 rings (SSSR count). The topological polar surface area (TPSA) is 80.4 Å². The maximum Gasteiger partial charge on any atom is 0.307 e. The Hall–Kier alpha value is -1.50. The molecular weight excluding hydrogens is 228 g/mol. The SMILES string of the molecule is CCc1nnc2sc(C3CC3C(=O)O)nn12. The average Bonchev–Trinajstić information content (AvgIpc) is 2.81. The smallest absolute Gasteiger partial charge is 0.307 e. The van der Waals surface area contributed by atoms with Crippen molar-refractivity contribution in [3.63, 3.8) is 0 Å². The Bertz CT molecular complexity index is 561. The van der Waals surface area contributed by atoms with Crippen LogP contribution >= 0.6 is 11.3 Å². The van der Waals surface area contributed by atoms with Crippen LogP contribution in [-0.2, 0) is 11.2 Å². The van der Waals surface area contributed by atoms with Gasteiger partial charge in [0.15, 0.2) is 5.82 Å². The molecule has 7 heteroatoms. The van der Waals surface area contributed by atoms with Gasteiger partial charge in [-0.3, -0.25) is 4.79 Å². The summed E-state index contributed by atoms with van der Waals surface area (Å²) in [4.78, 5) is 11.5. The summed E-state index contributed by atoms with van der Waals surface area (Å²) in [7, 11) is 0. The summed E-state index contributed by atoms with van der Waals surface area (Å²) in [6, 6.07) is 0. The minimum absolute atomic E-state index is 0.0777. The van der Waals surface area contributed by atoms with Gasteiger partial charge in [-0.25, -0.2) is 0 Å². The van der Waals surface area contributed by atoms with Crippen LogP contribution in [0.2, 0.25) is 0 Å². The Labute approximate surface area is 94.9 Å². The monoisotopic (exact) mass is 238 g/mol. The molecule has 1 N–H and O–H groups in total. The average molecular weight is 238 g/mol. The summed E-state index contributed by atoms with van der Waals surface area (Å²) < 4.78 is 1.72. The van der Waals surface area contributed by atoms with Crippen molar-refractivity contribution >= 4 is 22.3 Å². The molecule has 0 amide bonds. The first-order chi connectivity index (χ1) is 7.70. The number of aryl methyl sites for hydroxylation is 1. The number of rotatable bonds is 3. The second-order valence-corrected chi connectivity index (χ2v) is 4.88. The lowest BCUT2D eigenvalue weighted by atomic mass is 10.3. The van der Waals surface area contributed by atoms with E-state index in [1.165, 1.54) is 11.3 Å². The Morgan fingerprint density at radius 2 is 2.44 bits per heavy atom. The Morgan fingerprint density at radius 1 is 1.62 bits per heavy atom. The third kappa shape index (κ3) is 1.31. The molecule has 2 aromatic heterocycles. The van der Waals surface area contributed by atoms with Crippen LogP contribution < -0.4 is 0 Å². The highest BCUT2D eigenvalue weighted by atomic mass is 32.1. The van der Waals surface area contributed by atoms with E-state index < -0.39 is 5.97 Å². The molecule has 1 aliphatic rings. The van der Waals surface area contributed by atoms with Crippen molar-refractivity contribution in [1.82, 2.24) is 19.8 Å². The fourth-order valence-electron chi connectivity index (χ4n) is 1.78. The van der Waals surface area contributed by atoms with E-state index in [1.807, 2.05) is 6.92 Å². The van der Waals surface area contributed by atoms with Gasteiger partial charge in [-0.2, -0.15) is 9.61 Å². The van der Waals surface area contributed by atoms with Crippen molar-refractivity contribution in [2.45, 2.75) is 25.7 Å². The number of carboxylic acids is 1. The first-order valence-electron chi connectivity index (χ1n) is 5.14. The number of carbonyl (C=O) groups is 1. The molecule has 2 heterocycles. The molecule has 1 fully saturated rings. The lowest BCUT2D eigenvalue weighted by molar-refractivity contribution is -0.138. The lowest BCUT2D eigenvalue weighted by Gasteiger charge is -1.90. The normalized spacial score (nSPS) is 23.8. The van der Waals surface area contributed by atoms with E-state index in [-0.39, 0.29) is 11.8 Å². The molecule has 2 atom stereocenters. The van der Waals surface area contributed by atoms with Crippen LogP contribution in [0.3, 0.4) is 0 Å². The molecule has 6 nitrogen and oxygen atoms in total. The van der Waals surface area contributed by atoms with Gasteiger partial charge in [0, 0.05) is 12.3 Å². The van der Waals surface area contributed by atoms with Gasteiger partial charge in [0.2, 0.25) is 4.96 Å². The predicted molar refractivity (Wildman–Crippen MR) is 56.5 cm³/mol. The highest BCUT2D eigenvalue weighted by Crippen LogP contribution is 2.48. The van der Waals surface area contributed by atoms with Gasteiger partial charge in [0.1, 0.15) is 5.01 Å². The van der Waals surface area contributed by atoms with Gasteiger partial charge < -0.3 is 5.11 Å². The van der Waals surface area contributed by atoms with Crippen molar-refractivity contribution in [2.75, 3.05) is 0 Å². The van der Waals surface area contributed by atoms with Crippen LogP contribution in [0, 0.1) is 5.92 Å². The molecule has 2 aromatic rings. The molecule has 0 aromatic carbocycles. The molecule has 1 saturated carbocycles. The van der Waals surface area contributed by atoms with E-state index in [4.69, 9.17) is 5.11 Å². The largest absolute Gasteiger partial charge is 0.481 e. The van der Waals surface area contributed by atoms with Crippen molar-refractivity contribution < 1.29 is 9.90 Å². The summed E-state index contributed by atoms with van der Waals surface area (Å²) in [5, 5.41) is 22.1. The Kier molecular flexibility index (Phi) is 1.97. The second kappa shape index (κ2) is 3.24. The molecule has 0 radical (unpaired) electrons. The molecule has 0 spiro atoms. The van der Waals surface area contributed by atoms with Gasteiger partial charge in [-0.15, -0.1) is 10.2 Å². The second-order valence-electron chi connectivity index (χ2n) is 3.89. The minimum atomic E-state index is -0.730. The fourth-order valence-corrected chi connectivity index (χ4v) is 2.82. The van der Waals surface area contributed by atoms with E-state index in [1.54, 1.807) is 4.52 Å². The van der Waals surface area contributed by atoms with E-state index in [0.29, 0.717) is 6.42 Å². The number of aliphatic carboxylic acids is 1. The van der Waals surface area contributed by atoms with Crippen molar-refractivity contribution in [2.24, 2.45) is 5.92 Å². The highest BCUT2D eigenvalue weighted by Gasteiger charge is 2.46. The molecule has 0 aliphatic heterocycles. The van der Waals surface area contributed by atoms with Gasteiger partial charge >= 0.3 is 5.97 Å². The fraction of sp³-hybridized carbons (Fsp3) is 0.556. The maximum atomic E-state index is 10.8. The van der Waals surface area contributed by atoms with Crippen LogP contribution in [0.15, 0.2) is 0 Å². The van der Waals surface area contributed by atoms with Crippen LogP contribution in [-0.4, -0.2) is 30.9 Å². The summed E-state index contributed by atoms with van der Waals surface area (Å²) >= 11 is 1.44. The van der Waals surface area contributed by atoms with Gasteiger partial charge in [-0.1, -0.05) is 18.3 Å². The Morgan fingerprint density at radius 3 is 3.06 bits per heavy atom. The van der Waals surface area contributed by atoms with Crippen LogP contribution in [0.4, 0.5) is 0 Å². The first kappa shape index (κ1) is 9.71. The van der Waals surface area contributed by atoms with E-state index >= 15 is 0 Å². The third-order valence-corrected chi connectivity index (χ3v) is 3.84. The number of hydrogen-bond donors (Lipinski definition) is 1. The zero-order chi connectivity index (χ0) is 11.3. The molecule has 2 unspecified atom stereocenters. The summed E-state index contributed by atoms with van der Waals surface area (Å²) in [6.07, 6.45) is 1.47. The number of nitrogens with zero attached hydrogens (tertiary/aromatic N) is 4. The Balaban J connectivity index is 1.95. The number of aromatic nitrogens is 4. The van der Waals surface area contributed by atoms with E-state index in [9.17, 15) is 4.79 Å². The first-order valence-corrected chi connectivity index (χ1v) is 5.96. The van der Waals surface area contributed by atoms with Crippen molar-refractivity contribution in [1.29, 1.82) is 0 Å².